The Morgan fingerprint density at radius 3 is 2.76 bits per heavy atom. The first-order valence-electron chi connectivity index (χ1n) is 6.57. The summed E-state index contributed by atoms with van der Waals surface area (Å²) in [5.41, 5.74) is 1.63. The monoisotopic (exact) mass is 288 g/mol. The number of rotatable bonds is 5. The van der Waals surface area contributed by atoms with Gasteiger partial charge >= 0.3 is 0 Å². The third kappa shape index (κ3) is 3.44. The molecule has 7 nitrogen and oxygen atoms in total. The van der Waals surface area contributed by atoms with Crippen LogP contribution in [0, 0.1) is 17.0 Å². The standard InChI is InChI=1S/C14H16N4O3/c1-3-17-7-6-12(16-17)9-15-14(19)11-4-5-13(18(20)21)10(2)8-11/h4-8H,3,9H2,1-2H3,(H,15,19). The lowest BCUT2D eigenvalue weighted by Gasteiger charge is -2.05. The Balaban J connectivity index is 2.03. The van der Waals surface area contributed by atoms with Crippen LogP contribution in [0.3, 0.4) is 0 Å². The fraction of sp³-hybridized carbons (Fsp3) is 0.286. The maximum atomic E-state index is 12.0. The molecule has 1 aromatic carbocycles. The van der Waals surface area contributed by atoms with Crippen molar-refractivity contribution in [3.8, 4) is 0 Å². The average molecular weight is 288 g/mol. The lowest BCUT2D eigenvalue weighted by atomic mass is 10.1. The molecule has 1 heterocycles. The third-order valence-electron chi connectivity index (χ3n) is 3.11. The molecule has 2 rings (SSSR count). The molecule has 7 heteroatoms. The van der Waals surface area contributed by atoms with Gasteiger partial charge in [0.15, 0.2) is 0 Å². The Kier molecular flexibility index (Phi) is 4.32. The van der Waals surface area contributed by atoms with Crippen molar-refractivity contribution in [1.29, 1.82) is 0 Å². The smallest absolute Gasteiger partial charge is 0.272 e. The second kappa shape index (κ2) is 6.17. The maximum absolute atomic E-state index is 12.0. The van der Waals surface area contributed by atoms with E-state index in [0.717, 1.165) is 12.2 Å². The molecule has 1 N–H and O–H groups in total. The number of carbonyl (C=O) groups is 1. The van der Waals surface area contributed by atoms with Crippen molar-refractivity contribution in [2.24, 2.45) is 0 Å². The van der Waals surface area contributed by atoms with Gasteiger partial charge in [-0.1, -0.05) is 0 Å². The van der Waals surface area contributed by atoms with Crippen LogP contribution in [-0.2, 0) is 13.1 Å². The lowest BCUT2D eigenvalue weighted by molar-refractivity contribution is -0.385. The number of nitrogens with one attached hydrogen (secondary N) is 1. The van der Waals surface area contributed by atoms with Gasteiger partial charge in [-0.15, -0.1) is 0 Å². The van der Waals surface area contributed by atoms with Crippen LogP contribution >= 0.6 is 0 Å². The van der Waals surface area contributed by atoms with Crippen molar-refractivity contribution in [2.45, 2.75) is 26.9 Å². The molecule has 0 unspecified atom stereocenters. The molecule has 0 saturated heterocycles. The van der Waals surface area contributed by atoms with Crippen molar-refractivity contribution in [3.63, 3.8) is 0 Å². The van der Waals surface area contributed by atoms with Crippen molar-refractivity contribution in [3.05, 3.63) is 57.4 Å². The summed E-state index contributed by atoms with van der Waals surface area (Å²) in [4.78, 5) is 22.3. The molecule has 0 aliphatic rings. The minimum Gasteiger partial charge on any atom is -0.346 e. The summed E-state index contributed by atoms with van der Waals surface area (Å²) in [5, 5.41) is 17.7. The summed E-state index contributed by atoms with van der Waals surface area (Å²) in [6.07, 6.45) is 1.84. The van der Waals surface area contributed by atoms with E-state index in [4.69, 9.17) is 0 Å². The largest absolute Gasteiger partial charge is 0.346 e. The number of aromatic nitrogens is 2. The van der Waals surface area contributed by atoms with Crippen LogP contribution in [0.15, 0.2) is 30.5 Å². The first-order chi connectivity index (χ1) is 10.0. The Morgan fingerprint density at radius 1 is 1.43 bits per heavy atom. The fourth-order valence-electron chi connectivity index (χ4n) is 1.95. The summed E-state index contributed by atoms with van der Waals surface area (Å²) < 4.78 is 1.78. The van der Waals surface area contributed by atoms with Gasteiger partial charge in [0.25, 0.3) is 11.6 Å². The highest BCUT2D eigenvalue weighted by Crippen LogP contribution is 2.18. The summed E-state index contributed by atoms with van der Waals surface area (Å²) in [7, 11) is 0. The number of nitrogens with zero attached hydrogens (tertiary/aromatic N) is 3. The van der Waals surface area contributed by atoms with Crippen LogP contribution < -0.4 is 5.32 Å². The molecule has 0 bridgehead atoms. The number of nitro groups is 1. The van der Waals surface area contributed by atoms with E-state index < -0.39 is 4.92 Å². The molecule has 0 aliphatic heterocycles. The molecule has 2 aromatic rings. The first kappa shape index (κ1) is 14.7. The summed E-state index contributed by atoms with van der Waals surface area (Å²) in [6.45, 7) is 4.68. The maximum Gasteiger partial charge on any atom is 0.272 e. The van der Waals surface area contributed by atoms with E-state index in [9.17, 15) is 14.9 Å². The molecular formula is C14H16N4O3. The van der Waals surface area contributed by atoms with Crippen LogP contribution in [0.1, 0.15) is 28.5 Å². The van der Waals surface area contributed by atoms with Gasteiger partial charge in [-0.2, -0.15) is 5.10 Å². The minimum absolute atomic E-state index is 0.00763. The van der Waals surface area contributed by atoms with E-state index in [1.807, 2.05) is 19.2 Å². The van der Waals surface area contributed by atoms with Crippen LogP contribution in [0.2, 0.25) is 0 Å². The zero-order chi connectivity index (χ0) is 15.4. The van der Waals surface area contributed by atoms with Crippen molar-refractivity contribution < 1.29 is 9.72 Å². The van der Waals surface area contributed by atoms with E-state index in [1.165, 1.54) is 18.2 Å². The molecule has 0 spiro atoms. The summed E-state index contributed by atoms with van der Waals surface area (Å²) in [6, 6.07) is 6.14. The van der Waals surface area contributed by atoms with Crippen molar-refractivity contribution in [2.75, 3.05) is 0 Å². The van der Waals surface area contributed by atoms with E-state index in [0.29, 0.717) is 17.7 Å². The lowest BCUT2D eigenvalue weighted by Crippen LogP contribution is -2.23. The van der Waals surface area contributed by atoms with Gasteiger partial charge < -0.3 is 5.32 Å². The Hall–Kier alpha value is -2.70. The van der Waals surface area contributed by atoms with Crippen LogP contribution in [0.4, 0.5) is 5.69 Å². The minimum atomic E-state index is -0.464. The quantitative estimate of drug-likeness (QED) is 0.673. The molecule has 110 valence electrons. The SMILES string of the molecule is CCn1ccc(CNC(=O)c2ccc([N+](=O)[O-])c(C)c2)n1. The number of carbonyl (C=O) groups excluding carboxylic acids is 1. The first-order valence-corrected chi connectivity index (χ1v) is 6.57. The highest BCUT2D eigenvalue weighted by molar-refractivity contribution is 5.94. The van der Waals surface area contributed by atoms with Gasteiger partial charge in [0, 0.05) is 29.9 Å². The third-order valence-corrected chi connectivity index (χ3v) is 3.11. The van der Waals surface area contributed by atoms with Crippen LogP contribution in [-0.4, -0.2) is 20.6 Å². The Labute approximate surface area is 121 Å². The van der Waals surface area contributed by atoms with Crippen LogP contribution in [0.5, 0.6) is 0 Å². The summed E-state index contributed by atoms with van der Waals surface area (Å²) in [5.74, 6) is -0.279. The molecule has 21 heavy (non-hydrogen) atoms. The Morgan fingerprint density at radius 2 is 2.19 bits per heavy atom. The fourth-order valence-corrected chi connectivity index (χ4v) is 1.95. The number of hydrogen-bond donors (Lipinski definition) is 1. The van der Waals surface area contributed by atoms with Gasteiger partial charge in [-0.05, 0) is 32.0 Å². The second-order valence-corrected chi connectivity index (χ2v) is 4.60. The molecule has 0 radical (unpaired) electrons. The molecule has 0 atom stereocenters. The van der Waals surface area contributed by atoms with E-state index in [-0.39, 0.29) is 11.6 Å². The van der Waals surface area contributed by atoms with Crippen molar-refractivity contribution in [1.82, 2.24) is 15.1 Å². The van der Waals surface area contributed by atoms with Gasteiger partial charge in [0.1, 0.15) is 0 Å². The molecule has 1 aromatic heterocycles. The molecule has 0 saturated carbocycles. The highest BCUT2D eigenvalue weighted by atomic mass is 16.6. The number of amides is 1. The zero-order valence-electron chi connectivity index (χ0n) is 11.9. The van der Waals surface area contributed by atoms with Crippen LogP contribution in [0.25, 0.3) is 0 Å². The number of hydrogen-bond acceptors (Lipinski definition) is 4. The highest BCUT2D eigenvalue weighted by Gasteiger charge is 2.13. The van der Waals surface area contributed by atoms with Gasteiger partial charge in [-0.25, -0.2) is 0 Å². The van der Waals surface area contributed by atoms with Crippen molar-refractivity contribution >= 4 is 11.6 Å². The molecular weight excluding hydrogens is 272 g/mol. The predicted octanol–water partition coefficient (Wildman–Crippen LogP) is 2.05. The Bertz CT molecular complexity index is 679. The zero-order valence-corrected chi connectivity index (χ0v) is 11.9. The topological polar surface area (TPSA) is 90.1 Å². The van der Waals surface area contributed by atoms with Gasteiger partial charge in [0.05, 0.1) is 17.2 Å². The number of benzene rings is 1. The molecule has 1 amide bonds. The van der Waals surface area contributed by atoms with E-state index in [2.05, 4.69) is 10.4 Å². The van der Waals surface area contributed by atoms with Gasteiger partial charge in [-0.3, -0.25) is 19.6 Å². The molecule has 0 fully saturated rings. The average Bonchev–Trinajstić information content (AvgIpc) is 2.92. The van der Waals surface area contributed by atoms with E-state index in [1.54, 1.807) is 11.6 Å². The second-order valence-electron chi connectivity index (χ2n) is 4.60. The van der Waals surface area contributed by atoms with E-state index >= 15 is 0 Å². The normalized spacial score (nSPS) is 10.4. The summed E-state index contributed by atoms with van der Waals surface area (Å²) >= 11 is 0. The number of nitro benzene ring substituents is 1. The number of aryl methyl sites for hydroxylation is 2. The molecule has 0 aliphatic carbocycles. The predicted molar refractivity (Wildman–Crippen MR) is 76.9 cm³/mol. The van der Waals surface area contributed by atoms with Gasteiger partial charge in [0.2, 0.25) is 0 Å².